The first-order valence-electron chi connectivity index (χ1n) is 5.48. The Hall–Kier alpha value is -2.63. The molecule has 3 rings (SSSR count). The number of carbonyl (C=O) groups is 1. The molecule has 6 heteroatoms. The van der Waals surface area contributed by atoms with Crippen molar-refractivity contribution in [2.45, 2.75) is 6.92 Å². The number of aromatic nitrogens is 4. The van der Waals surface area contributed by atoms with Gasteiger partial charge in [-0.2, -0.15) is 10.2 Å². The lowest BCUT2D eigenvalue weighted by Crippen LogP contribution is -2.12. The Morgan fingerprint density at radius 3 is 2.83 bits per heavy atom. The molecule has 0 saturated heterocycles. The monoisotopic (exact) mass is 241 g/mol. The molecular weight excluding hydrogens is 230 g/mol. The molecule has 90 valence electrons. The molecule has 2 heterocycles. The van der Waals surface area contributed by atoms with E-state index in [2.05, 4.69) is 25.7 Å². The molecule has 18 heavy (non-hydrogen) atoms. The zero-order valence-electron chi connectivity index (χ0n) is 9.69. The number of amides is 1. The zero-order chi connectivity index (χ0) is 12.5. The van der Waals surface area contributed by atoms with Crippen LogP contribution in [-0.2, 0) is 0 Å². The molecule has 0 bridgehead atoms. The number of nitrogens with zero attached hydrogens (tertiary/aromatic N) is 2. The van der Waals surface area contributed by atoms with E-state index in [4.69, 9.17) is 0 Å². The van der Waals surface area contributed by atoms with Crippen molar-refractivity contribution in [1.82, 2.24) is 20.4 Å². The van der Waals surface area contributed by atoms with Gasteiger partial charge >= 0.3 is 0 Å². The van der Waals surface area contributed by atoms with Crippen LogP contribution in [0.25, 0.3) is 10.9 Å². The number of rotatable bonds is 2. The van der Waals surface area contributed by atoms with Gasteiger partial charge in [-0.3, -0.25) is 15.0 Å². The van der Waals surface area contributed by atoms with Gasteiger partial charge in [0.25, 0.3) is 5.91 Å². The van der Waals surface area contributed by atoms with Crippen molar-refractivity contribution in [2.24, 2.45) is 0 Å². The first kappa shape index (κ1) is 10.5. The predicted molar refractivity (Wildman–Crippen MR) is 67.4 cm³/mol. The summed E-state index contributed by atoms with van der Waals surface area (Å²) in [7, 11) is 0. The summed E-state index contributed by atoms with van der Waals surface area (Å²) in [5.74, 6) is -0.177. The third-order valence-corrected chi connectivity index (χ3v) is 2.77. The molecule has 0 atom stereocenters. The second kappa shape index (κ2) is 3.99. The fraction of sp³-hybridized carbons (Fsp3) is 0.0833. The highest BCUT2D eigenvalue weighted by Crippen LogP contribution is 2.17. The normalized spacial score (nSPS) is 10.7. The smallest absolute Gasteiger partial charge is 0.259 e. The fourth-order valence-electron chi connectivity index (χ4n) is 1.80. The maximum absolute atomic E-state index is 12.0. The van der Waals surface area contributed by atoms with Crippen LogP contribution < -0.4 is 5.32 Å². The van der Waals surface area contributed by atoms with Gasteiger partial charge < -0.3 is 5.32 Å². The number of hydrogen-bond acceptors (Lipinski definition) is 3. The van der Waals surface area contributed by atoms with E-state index in [1.54, 1.807) is 13.1 Å². The van der Waals surface area contributed by atoms with Crippen molar-refractivity contribution in [2.75, 3.05) is 5.32 Å². The van der Waals surface area contributed by atoms with Crippen molar-refractivity contribution in [1.29, 1.82) is 0 Å². The molecule has 1 amide bonds. The molecule has 0 saturated carbocycles. The third kappa shape index (κ3) is 1.73. The van der Waals surface area contributed by atoms with Gasteiger partial charge in [0.05, 0.1) is 23.5 Å². The summed E-state index contributed by atoms with van der Waals surface area (Å²) >= 11 is 0. The first-order chi connectivity index (χ1) is 8.74. The van der Waals surface area contributed by atoms with E-state index in [9.17, 15) is 4.79 Å². The lowest BCUT2D eigenvalue weighted by atomic mass is 10.2. The van der Waals surface area contributed by atoms with Crippen molar-refractivity contribution in [3.05, 3.63) is 41.9 Å². The van der Waals surface area contributed by atoms with Gasteiger partial charge in [-0.05, 0) is 25.1 Å². The average molecular weight is 241 g/mol. The highest BCUT2D eigenvalue weighted by molar-refractivity contribution is 6.05. The van der Waals surface area contributed by atoms with Gasteiger partial charge in [0.2, 0.25) is 0 Å². The van der Waals surface area contributed by atoms with Gasteiger partial charge in [0, 0.05) is 16.8 Å². The van der Waals surface area contributed by atoms with Crippen LogP contribution in [0.5, 0.6) is 0 Å². The van der Waals surface area contributed by atoms with E-state index in [1.165, 1.54) is 6.20 Å². The van der Waals surface area contributed by atoms with Gasteiger partial charge in [-0.15, -0.1) is 0 Å². The Labute approximate surface area is 102 Å². The maximum atomic E-state index is 12.0. The summed E-state index contributed by atoms with van der Waals surface area (Å²) < 4.78 is 0. The molecule has 1 aromatic carbocycles. The molecule has 0 aliphatic carbocycles. The lowest BCUT2D eigenvalue weighted by molar-refractivity contribution is 0.102. The summed E-state index contributed by atoms with van der Waals surface area (Å²) in [6, 6.07) is 5.57. The summed E-state index contributed by atoms with van der Waals surface area (Å²) in [4.78, 5) is 12.0. The van der Waals surface area contributed by atoms with E-state index in [0.717, 1.165) is 22.3 Å². The standard InChI is InChI=1S/C12H11N5O/c1-7-10(6-14-16-7)12(18)15-9-2-3-11-8(4-9)5-13-17-11/h2-6H,1H3,(H,13,17)(H,14,16)(H,15,18). The van der Waals surface area contributed by atoms with Crippen LogP contribution in [0.3, 0.4) is 0 Å². The second-order valence-corrected chi connectivity index (χ2v) is 4.03. The molecule has 0 fully saturated rings. The highest BCUT2D eigenvalue weighted by Gasteiger charge is 2.11. The Morgan fingerprint density at radius 2 is 2.06 bits per heavy atom. The number of fused-ring (bicyclic) bond motifs is 1. The fourth-order valence-corrected chi connectivity index (χ4v) is 1.80. The topological polar surface area (TPSA) is 86.5 Å². The quantitative estimate of drug-likeness (QED) is 0.639. The van der Waals surface area contributed by atoms with E-state index < -0.39 is 0 Å². The molecular formula is C12H11N5O. The molecule has 3 N–H and O–H groups in total. The van der Waals surface area contributed by atoms with E-state index in [0.29, 0.717) is 5.56 Å². The van der Waals surface area contributed by atoms with Crippen LogP contribution in [0.15, 0.2) is 30.6 Å². The molecule has 0 spiro atoms. The molecule has 0 unspecified atom stereocenters. The minimum Gasteiger partial charge on any atom is -0.322 e. The van der Waals surface area contributed by atoms with Crippen LogP contribution >= 0.6 is 0 Å². The number of H-pyrrole nitrogens is 2. The van der Waals surface area contributed by atoms with E-state index in [-0.39, 0.29) is 5.91 Å². The second-order valence-electron chi connectivity index (χ2n) is 4.03. The largest absolute Gasteiger partial charge is 0.322 e. The Kier molecular flexibility index (Phi) is 2.33. The number of benzene rings is 1. The van der Waals surface area contributed by atoms with E-state index >= 15 is 0 Å². The molecule has 6 nitrogen and oxygen atoms in total. The Bertz CT molecular complexity index is 712. The van der Waals surface area contributed by atoms with Crippen molar-refractivity contribution >= 4 is 22.5 Å². The van der Waals surface area contributed by atoms with Crippen LogP contribution in [0.4, 0.5) is 5.69 Å². The van der Waals surface area contributed by atoms with Crippen LogP contribution in [-0.4, -0.2) is 26.3 Å². The van der Waals surface area contributed by atoms with Crippen molar-refractivity contribution in [3.8, 4) is 0 Å². The van der Waals surface area contributed by atoms with Crippen LogP contribution in [0, 0.1) is 6.92 Å². The Morgan fingerprint density at radius 1 is 1.22 bits per heavy atom. The molecule has 0 aliphatic rings. The number of aryl methyl sites for hydroxylation is 1. The zero-order valence-corrected chi connectivity index (χ0v) is 9.69. The van der Waals surface area contributed by atoms with Crippen molar-refractivity contribution in [3.63, 3.8) is 0 Å². The molecule has 2 aromatic heterocycles. The number of aromatic amines is 2. The maximum Gasteiger partial charge on any atom is 0.259 e. The first-order valence-corrected chi connectivity index (χ1v) is 5.48. The molecule has 0 radical (unpaired) electrons. The minimum atomic E-state index is -0.177. The summed E-state index contributed by atoms with van der Waals surface area (Å²) in [6.45, 7) is 1.81. The number of nitrogens with one attached hydrogen (secondary N) is 3. The summed E-state index contributed by atoms with van der Waals surface area (Å²) in [6.07, 6.45) is 3.23. The summed E-state index contributed by atoms with van der Waals surface area (Å²) in [5.41, 5.74) is 2.96. The lowest BCUT2D eigenvalue weighted by Gasteiger charge is -2.04. The number of hydrogen-bond donors (Lipinski definition) is 3. The summed E-state index contributed by atoms with van der Waals surface area (Å²) in [5, 5.41) is 17.1. The van der Waals surface area contributed by atoms with Crippen LogP contribution in [0.1, 0.15) is 16.1 Å². The van der Waals surface area contributed by atoms with Crippen molar-refractivity contribution < 1.29 is 4.79 Å². The third-order valence-electron chi connectivity index (χ3n) is 2.77. The predicted octanol–water partition coefficient (Wildman–Crippen LogP) is 1.85. The number of carbonyl (C=O) groups excluding carboxylic acids is 1. The Balaban J connectivity index is 1.88. The molecule has 0 aliphatic heterocycles. The minimum absolute atomic E-state index is 0.177. The van der Waals surface area contributed by atoms with Gasteiger partial charge in [-0.25, -0.2) is 0 Å². The average Bonchev–Trinajstić information content (AvgIpc) is 2.96. The van der Waals surface area contributed by atoms with Gasteiger partial charge in [-0.1, -0.05) is 0 Å². The van der Waals surface area contributed by atoms with Crippen LogP contribution in [0.2, 0.25) is 0 Å². The SMILES string of the molecule is Cc1[nH]ncc1C(=O)Nc1ccc2[nH]ncc2c1. The highest BCUT2D eigenvalue weighted by atomic mass is 16.1. The number of anilines is 1. The van der Waals surface area contributed by atoms with E-state index in [1.807, 2.05) is 18.2 Å². The van der Waals surface area contributed by atoms with Gasteiger partial charge in [0.15, 0.2) is 0 Å². The van der Waals surface area contributed by atoms with Gasteiger partial charge in [0.1, 0.15) is 0 Å². The molecule has 3 aromatic rings.